The van der Waals surface area contributed by atoms with Gasteiger partial charge in [0.15, 0.2) is 0 Å². The third-order valence-corrected chi connectivity index (χ3v) is 8.86. The van der Waals surface area contributed by atoms with Crippen LogP contribution in [0.5, 0.6) is 5.75 Å². The molecule has 10 heteroatoms. The lowest BCUT2D eigenvalue weighted by molar-refractivity contribution is -0.123. The van der Waals surface area contributed by atoms with Crippen LogP contribution in [0, 0.1) is 0 Å². The molecule has 2 fully saturated rings. The van der Waals surface area contributed by atoms with Crippen molar-refractivity contribution in [3.63, 3.8) is 0 Å². The van der Waals surface area contributed by atoms with Crippen LogP contribution in [0.2, 0.25) is 0 Å². The van der Waals surface area contributed by atoms with Crippen LogP contribution in [0.3, 0.4) is 0 Å². The van der Waals surface area contributed by atoms with E-state index < -0.39 is 0 Å². The smallest absolute Gasteiger partial charge is 0.267 e. The molecule has 1 atom stereocenters. The number of pyridine rings is 1. The van der Waals surface area contributed by atoms with Crippen LogP contribution in [0.4, 0.5) is 11.5 Å². The monoisotopic (exact) mass is 583 g/mol. The van der Waals surface area contributed by atoms with Gasteiger partial charge in [0.25, 0.3) is 11.5 Å². The van der Waals surface area contributed by atoms with Gasteiger partial charge in [0.2, 0.25) is 0 Å². The summed E-state index contributed by atoms with van der Waals surface area (Å²) in [6.07, 6.45) is 3.38. The van der Waals surface area contributed by atoms with Gasteiger partial charge in [0.05, 0.1) is 23.6 Å². The van der Waals surface area contributed by atoms with E-state index in [4.69, 9.17) is 21.9 Å². The van der Waals surface area contributed by atoms with Gasteiger partial charge in [-0.3, -0.25) is 18.9 Å². The highest BCUT2D eigenvalue weighted by Crippen LogP contribution is 2.38. The van der Waals surface area contributed by atoms with E-state index in [1.54, 1.807) is 30.3 Å². The van der Waals surface area contributed by atoms with Crippen molar-refractivity contribution in [3.8, 4) is 5.75 Å². The van der Waals surface area contributed by atoms with Crippen molar-refractivity contribution in [1.82, 2.24) is 14.3 Å². The number of thiocarbonyl (C=S) groups is 1. The maximum absolute atomic E-state index is 13.8. The van der Waals surface area contributed by atoms with E-state index in [1.807, 2.05) is 61.5 Å². The zero-order valence-corrected chi connectivity index (χ0v) is 24.4. The lowest BCUT2D eigenvalue weighted by Crippen LogP contribution is -2.47. The minimum atomic E-state index is -0.226. The number of anilines is 2. The molecule has 41 heavy (non-hydrogen) atoms. The van der Waals surface area contributed by atoms with Crippen molar-refractivity contribution in [2.75, 3.05) is 43.1 Å². The number of methoxy groups -OCH3 is 1. The predicted molar refractivity (Wildman–Crippen MR) is 169 cm³/mol. The quantitative estimate of drug-likeness (QED) is 0.232. The van der Waals surface area contributed by atoms with E-state index in [0.29, 0.717) is 39.3 Å². The Kier molecular flexibility index (Phi) is 7.51. The number of piperazine rings is 1. The standard InChI is InChI=1S/C31H29N5O3S2/c1-21(22-8-4-3-5-9-22)36-30(38)26(41-31(36)40)20-25-28(32-27-10-6-7-15-35(27)29(25)37)34-18-16-33(17-19-34)23-11-13-24(39-2)14-12-23/h3-15,20-21H,16-19H2,1-2H3. The van der Waals surface area contributed by atoms with Gasteiger partial charge in [-0.25, -0.2) is 4.98 Å². The molecular formula is C31H29N5O3S2. The van der Waals surface area contributed by atoms with Gasteiger partial charge in [-0.15, -0.1) is 0 Å². The lowest BCUT2D eigenvalue weighted by atomic mass is 10.1. The molecule has 4 heterocycles. The number of hydrogen-bond donors (Lipinski definition) is 0. The summed E-state index contributed by atoms with van der Waals surface area (Å²) in [5.41, 5.74) is 2.85. The first kappa shape index (κ1) is 27.0. The van der Waals surface area contributed by atoms with Crippen LogP contribution >= 0.6 is 24.0 Å². The largest absolute Gasteiger partial charge is 0.497 e. The van der Waals surface area contributed by atoms with Crippen LogP contribution in [-0.4, -0.2) is 57.8 Å². The average molecular weight is 584 g/mol. The molecule has 2 aromatic heterocycles. The fourth-order valence-electron chi connectivity index (χ4n) is 5.25. The van der Waals surface area contributed by atoms with E-state index in [9.17, 15) is 9.59 Å². The minimum Gasteiger partial charge on any atom is -0.497 e. The number of thioether (sulfide) groups is 1. The molecule has 1 amide bonds. The lowest BCUT2D eigenvalue weighted by Gasteiger charge is -2.37. The van der Waals surface area contributed by atoms with Crippen LogP contribution in [0.15, 0.2) is 88.7 Å². The highest BCUT2D eigenvalue weighted by molar-refractivity contribution is 8.26. The van der Waals surface area contributed by atoms with Crippen molar-refractivity contribution in [1.29, 1.82) is 0 Å². The normalized spacial score (nSPS) is 17.5. The summed E-state index contributed by atoms with van der Waals surface area (Å²) >= 11 is 6.86. The Morgan fingerprint density at radius 1 is 0.927 bits per heavy atom. The summed E-state index contributed by atoms with van der Waals surface area (Å²) in [6.45, 7) is 4.84. The van der Waals surface area contributed by atoms with E-state index >= 15 is 0 Å². The summed E-state index contributed by atoms with van der Waals surface area (Å²) in [7, 11) is 1.66. The first-order chi connectivity index (χ1) is 19.9. The summed E-state index contributed by atoms with van der Waals surface area (Å²) in [5, 5.41) is 0. The zero-order chi connectivity index (χ0) is 28.5. The number of ether oxygens (including phenoxy) is 1. The van der Waals surface area contributed by atoms with E-state index in [2.05, 4.69) is 21.9 Å². The Morgan fingerprint density at radius 3 is 2.32 bits per heavy atom. The Labute approximate surface area is 247 Å². The number of carbonyl (C=O) groups excluding carboxylic acids is 1. The van der Waals surface area contributed by atoms with Crippen molar-refractivity contribution >= 4 is 57.4 Å². The molecule has 8 nitrogen and oxygen atoms in total. The second-order valence-corrected chi connectivity index (χ2v) is 11.6. The molecule has 2 saturated heterocycles. The molecule has 0 bridgehead atoms. The molecule has 6 rings (SSSR count). The molecule has 0 spiro atoms. The van der Waals surface area contributed by atoms with E-state index in [-0.39, 0.29) is 17.5 Å². The van der Waals surface area contributed by atoms with Crippen LogP contribution in [0.1, 0.15) is 24.1 Å². The van der Waals surface area contributed by atoms with Crippen molar-refractivity contribution in [2.24, 2.45) is 0 Å². The minimum absolute atomic E-state index is 0.204. The van der Waals surface area contributed by atoms with Gasteiger partial charge in [0.1, 0.15) is 21.5 Å². The number of benzene rings is 2. The second-order valence-electron chi connectivity index (χ2n) is 9.89. The number of amides is 1. The van der Waals surface area contributed by atoms with Crippen molar-refractivity contribution < 1.29 is 9.53 Å². The van der Waals surface area contributed by atoms with E-state index in [1.165, 1.54) is 16.2 Å². The first-order valence-electron chi connectivity index (χ1n) is 13.4. The van der Waals surface area contributed by atoms with Gasteiger partial charge in [0, 0.05) is 38.1 Å². The summed E-state index contributed by atoms with van der Waals surface area (Å²) in [5.74, 6) is 1.20. The molecule has 0 saturated carbocycles. The Morgan fingerprint density at radius 2 is 1.61 bits per heavy atom. The Balaban J connectivity index is 1.33. The highest BCUT2D eigenvalue weighted by atomic mass is 32.2. The highest BCUT2D eigenvalue weighted by Gasteiger charge is 2.36. The van der Waals surface area contributed by atoms with Gasteiger partial charge < -0.3 is 14.5 Å². The first-order valence-corrected chi connectivity index (χ1v) is 14.6. The number of rotatable bonds is 6. The molecule has 0 radical (unpaired) electrons. The molecule has 4 aromatic rings. The van der Waals surface area contributed by atoms with Crippen LogP contribution < -0.4 is 20.1 Å². The number of carbonyl (C=O) groups is 1. The number of fused-ring (bicyclic) bond motifs is 1. The Bertz CT molecular complexity index is 1700. The third kappa shape index (κ3) is 5.20. The maximum Gasteiger partial charge on any atom is 0.267 e. The average Bonchev–Trinajstić information content (AvgIpc) is 3.30. The molecule has 2 aliphatic rings. The van der Waals surface area contributed by atoms with Crippen molar-refractivity contribution in [3.05, 3.63) is 105 Å². The third-order valence-electron chi connectivity index (χ3n) is 7.53. The summed E-state index contributed by atoms with van der Waals surface area (Å²) in [6, 6.07) is 23.1. The van der Waals surface area contributed by atoms with Gasteiger partial charge >= 0.3 is 0 Å². The fourth-order valence-corrected chi connectivity index (χ4v) is 6.65. The molecule has 1 unspecified atom stereocenters. The fraction of sp³-hybridized carbons (Fsp3) is 0.226. The van der Waals surface area contributed by atoms with Gasteiger partial charge in [-0.2, -0.15) is 0 Å². The van der Waals surface area contributed by atoms with Gasteiger partial charge in [-0.05, 0) is 55.0 Å². The summed E-state index contributed by atoms with van der Waals surface area (Å²) in [4.78, 5) is 38.8. The predicted octanol–water partition coefficient (Wildman–Crippen LogP) is 4.99. The Hall–Kier alpha value is -4.15. The molecule has 208 valence electrons. The second kappa shape index (κ2) is 11.4. The zero-order valence-electron chi connectivity index (χ0n) is 22.8. The van der Waals surface area contributed by atoms with Gasteiger partial charge in [-0.1, -0.05) is 60.4 Å². The number of aromatic nitrogens is 2. The number of nitrogens with zero attached hydrogens (tertiary/aromatic N) is 5. The maximum atomic E-state index is 13.8. The molecular weight excluding hydrogens is 555 g/mol. The van der Waals surface area contributed by atoms with Crippen LogP contribution in [0.25, 0.3) is 11.7 Å². The SMILES string of the molecule is COc1ccc(N2CCN(c3nc4ccccn4c(=O)c3C=C3SC(=S)N(C(C)c4ccccc4)C3=O)CC2)cc1. The molecule has 2 aliphatic heterocycles. The molecule has 2 aromatic carbocycles. The van der Waals surface area contributed by atoms with E-state index in [0.717, 1.165) is 30.1 Å². The summed E-state index contributed by atoms with van der Waals surface area (Å²) < 4.78 is 7.29. The number of hydrogen-bond acceptors (Lipinski definition) is 8. The molecule has 0 aliphatic carbocycles. The topological polar surface area (TPSA) is 70.4 Å². The van der Waals surface area contributed by atoms with Crippen molar-refractivity contribution in [2.45, 2.75) is 13.0 Å². The van der Waals surface area contributed by atoms with Crippen LogP contribution in [-0.2, 0) is 4.79 Å². The molecule has 0 N–H and O–H groups in total.